The van der Waals surface area contributed by atoms with Crippen LogP contribution in [0.15, 0.2) is 65.0 Å². The van der Waals surface area contributed by atoms with Crippen molar-refractivity contribution in [2.75, 3.05) is 11.9 Å². The van der Waals surface area contributed by atoms with Gasteiger partial charge in [-0.05, 0) is 66.6 Å². The average Bonchev–Trinajstić information content (AvgIpc) is 3.34. The monoisotopic (exact) mass is 486 g/mol. The Bertz CT molecular complexity index is 1470. The van der Waals surface area contributed by atoms with Gasteiger partial charge in [0.1, 0.15) is 0 Å². The van der Waals surface area contributed by atoms with E-state index in [0.717, 1.165) is 12.0 Å². The number of anilines is 1. The molecule has 1 N–H and O–H groups in total. The van der Waals surface area contributed by atoms with Gasteiger partial charge in [0.2, 0.25) is 5.91 Å². The van der Waals surface area contributed by atoms with Gasteiger partial charge < -0.3 is 10.2 Å². The predicted octanol–water partition coefficient (Wildman–Crippen LogP) is 4.38. The van der Waals surface area contributed by atoms with E-state index in [9.17, 15) is 14.4 Å². The number of hydrogen-bond donors (Lipinski definition) is 1. The van der Waals surface area contributed by atoms with Crippen LogP contribution in [0.25, 0.3) is 10.9 Å². The molecule has 35 heavy (non-hydrogen) atoms. The van der Waals surface area contributed by atoms with Gasteiger partial charge in [0, 0.05) is 42.2 Å². The molecule has 4 aromatic rings. The normalized spacial score (nSPS) is 13.0. The van der Waals surface area contributed by atoms with Gasteiger partial charge in [-0.3, -0.25) is 19.0 Å². The first kappa shape index (κ1) is 23.0. The molecule has 0 fully saturated rings. The summed E-state index contributed by atoms with van der Waals surface area (Å²) < 4.78 is 1.54. The lowest BCUT2D eigenvalue weighted by molar-refractivity contribution is -0.116. The fourth-order valence-corrected chi connectivity index (χ4v) is 5.37. The quantitative estimate of drug-likeness (QED) is 0.438. The number of nitrogens with zero attached hydrogens (tertiary/aromatic N) is 3. The summed E-state index contributed by atoms with van der Waals surface area (Å²) in [7, 11) is 0. The van der Waals surface area contributed by atoms with E-state index in [0.29, 0.717) is 48.2 Å². The van der Waals surface area contributed by atoms with Crippen molar-refractivity contribution in [3.8, 4) is 0 Å². The Morgan fingerprint density at radius 2 is 1.97 bits per heavy atom. The number of benzene rings is 2. The number of amides is 2. The van der Waals surface area contributed by atoms with Crippen LogP contribution in [0.4, 0.5) is 5.69 Å². The van der Waals surface area contributed by atoms with Crippen LogP contribution in [0.5, 0.6) is 0 Å². The van der Waals surface area contributed by atoms with Gasteiger partial charge >= 0.3 is 0 Å². The first-order valence-corrected chi connectivity index (χ1v) is 12.6. The molecule has 2 amide bonds. The van der Waals surface area contributed by atoms with Crippen LogP contribution in [-0.4, -0.2) is 32.8 Å². The molecule has 1 aliphatic rings. The molecule has 0 saturated carbocycles. The molecule has 5 rings (SSSR count). The smallest absolute Gasteiger partial charge is 0.261 e. The van der Waals surface area contributed by atoms with Crippen LogP contribution in [0.2, 0.25) is 0 Å². The van der Waals surface area contributed by atoms with Crippen molar-refractivity contribution in [3.63, 3.8) is 0 Å². The molecule has 2 aromatic heterocycles. The SMILES string of the molecule is Cc1c(NC(=O)CCCn2cnc3ccccc3c2=O)cccc1C(=O)N1CCc2sccc2C1. The van der Waals surface area contributed by atoms with E-state index in [1.54, 1.807) is 29.5 Å². The molecule has 0 bridgehead atoms. The molecule has 0 spiro atoms. The number of rotatable bonds is 6. The first-order chi connectivity index (χ1) is 17.0. The maximum absolute atomic E-state index is 13.2. The van der Waals surface area contributed by atoms with Crippen LogP contribution in [0.3, 0.4) is 0 Å². The summed E-state index contributed by atoms with van der Waals surface area (Å²) >= 11 is 1.75. The predicted molar refractivity (Wildman–Crippen MR) is 138 cm³/mol. The van der Waals surface area contributed by atoms with Gasteiger partial charge in [0.25, 0.3) is 11.5 Å². The molecule has 0 radical (unpaired) electrons. The summed E-state index contributed by atoms with van der Waals surface area (Å²) in [5, 5.41) is 5.59. The number of hydrogen-bond acceptors (Lipinski definition) is 5. The highest BCUT2D eigenvalue weighted by Gasteiger charge is 2.24. The van der Waals surface area contributed by atoms with Gasteiger partial charge in [0.15, 0.2) is 0 Å². The van der Waals surface area contributed by atoms with Gasteiger partial charge in [0.05, 0.1) is 17.2 Å². The molecule has 178 valence electrons. The van der Waals surface area contributed by atoms with Gasteiger partial charge in [-0.15, -0.1) is 11.3 Å². The van der Waals surface area contributed by atoms with Crippen molar-refractivity contribution >= 4 is 39.7 Å². The number of carbonyl (C=O) groups excluding carboxylic acids is 2. The Kier molecular flexibility index (Phi) is 6.46. The molecule has 8 heteroatoms. The largest absolute Gasteiger partial charge is 0.334 e. The third kappa shape index (κ3) is 4.74. The Balaban J connectivity index is 1.21. The summed E-state index contributed by atoms with van der Waals surface area (Å²) in [6, 6.07) is 14.7. The molecule has 0 unspecified atom stereocenters. The minimum atomic E-state index is -0.152. The van der Waals surface area contributed by atoms with Crippen LogP contribution >= 0.6 is 11.3 Å². The number of nitrogens with one attached hydrogen (secondary N) is 1. The van der Waals surface area contributed by atoms with E-state index in [4.69, 9.17) is 0 Å². The van der Waals surface area contributed by atoms with Gasteiger partial charge in [-0.25, -0.2) is 4.98 Å². The minimum Gasteiger partial charge on any atom is -0.334 e. The maximum atomic E-state index is 13.2. The summed E-state index contributed by atoms with van der Waals surface area (Å²) in [6.45, 7) is 3.59. The Labute approximate surface area is 207 Å². The average molecular weight is 487 g/mol. The first-order valence-electron chi connectivity index (χ1n) is 11.7. The lowest BCUT2D eigenvalue weighted by atomic mass is 10.0. The zero-order valence-corrected chi connectivity index (χ0v) is 20.3. The Morgan fingerprint density at radius 3 is 2.86 bits per heavy atom. The third-order valence-electron chi connectivity index (χ3n) is 6.47. The second-order valence-corrected chi connectivity index (χ2v) is 9.74. The molecular formula is C27H26N4O3S. The Morgan fingerprint density at radius 1 is 1.11 bits per heavy atom. The topological polar surface area (TPSA) is 84.3 Å². The standard InChI is InChI=1S/C27H26N4O3S/c1-18-20(26(33)30-14-11-24-19(16-30)12-15-35-24)7-4-9-22(18)29-25(32)10-5-13-31-17-28-23-8-3-2-6-21(23)27(31)34/h2-4,6-9,12,15,17H,5,10-11,13-14,16H2,1H3,(H,29,32). The van der Waals surface area contributed by atoms with Crippen molar-refractivity contribution in [1.29, 1.82) is 0 Å². The van der Waals surface area contributed by atoms with E-state index in [2.05, 4.69) is 21.7 Å². The highest BCUT2D eigenvalue weighted by atomic mass is 32.1. The van der Waals surface area contributed by atoms with Crippen LogP contribution in [0.1, 0.15) is 39.2 Å². The number of para-hydroxylation sites is 1. The molecule has 0 aliphatic carbocycles. The number of fused-ring (bicyclic) bond motifs is 2. The van der Waals surface area contributed by atoms with Crippen LogP contribution in [0, 0.1) is 6.92 Å². The van der Waals surface area contributed by atoms with E-state index in [1.165, 1.54) is 21.3 Å². The van der Waals surface area contributed by atoms with E-state index in [1.807, 2.05) is 36.1 Å². The summed E-state index contributed by atoms with van der Waals surface area (Å²) in [5.41, 5.74) is 3.78. The molecule has 3 heterocycles. The van der Waals surface area contributed by atoms with Crippen molar-refractivity contribution in [2.45, 2.75) is 39.3 Å². The Hall–Kier alpha value is -3.78. The highest BCUT2D eigenvalue weighted by molar-refractivity contribution is 7.10. The third-order valence-corrected chi connectivity index (χ3v) is 7.49. The van der Waals surface area contributed by atoms with E-state index >= 15 is 0 Å². The van der Waals surface area contributed by atoms with E-state index < -0.39 is 0 Å². The molecule has 0 atom stereocenters. The number of aryl methyl sites for hydroxylation is 1. The number of aromatic nitrogens is 2. The number of thiophene rings is 1. The summed E-state index contributed by atoms with van der Waals surface area (Å²) in [4.78, 5) is 46.0. The van der Waals surface area contributed by atoms with Crippen LogP contribution in [-0.2, 0) is 24.3 Å². The lowest BCUT2D eigenvalue weighted by Gasteiger charge is -2.28. The fraction of sp³-hybridized carbons (Fsp3) is 0.259. The van der Waals surface area contributed by atoms with Gasteiger partial charge in [-0.1, -0.05) is 18.2 Å². The molecular weight excluding hydrogens is 460 g/mol. The van der Waals surface area contributed by atoms with Crippen molar-refractivity contribution < 1.29 is 9.59 Å². The van der Waals surface area contributed by atoms with Crippen LogP contribution < -0.4 is 10.9 Å². The summed E-state index contributed by atoms with van der Waals surface area (Å²) in [5.74, 6) is -0.168. The molecule has 1 aliphatic heterocycles. The highest BCUT2D eigenvalue weighted by Crippen LogP contribution is 2.27. The molecule has 0 saturated heterocycles. The van der Waals surface area contributed by atoms with Gasteiger partial charge in [-0.2, -0.15) is 0 Å². The second kappa shape index (κ2) is 9.84. The van der Waals surface area contributed by atoms with Crippen molar-refractivity contribution in [1.82, 2.24) is 14.5 Å². The lowest BCUT2D eigenvalue weighted by Crippen LogP contribution is -2.35. The van der Waals surface area contributed by atoms with Crippen molar-refractivity contribution in [3.05, 3.63) is 92.2 Å². The van der Waals surface area contributed by atoms with E-state index in [-0.39, 0.29) is 23.8 Å². The maximum Gasteiger partial charge on any atom is 0.261 e. The summed E-state index contributed by atoms with van der Waals surface area (Å²) in [6.07, 6.45) is 3.16. The number of carbonyl (C=O) groups is 2. The molecule has 7 nitrogen and oxygen atoms in total. The van der Waals surface area contributed by atoms with Crippen molar-refractivity contribution in [2.24, 2.45) is 0 Å². The zero-order valence-electron chi connectivity index (χ0n) is 19.5. The second-order valence-electron chi connectivity index (χ2n) is 8.74. The fourth-order valence-electron chi connectivity index (χ4n) is 4.48. The molecule has 2 aromatic carbocycles. The minimum absolute atomic E-state index is 0.0152. The zero-order chi connectivity index (χ0) is 24.4.